The third-order valence-electron chi connectivity index (χ3n) is 5.31. The molecule has 2 aliphatic rings. The number of amides is 1. The van der Waals surface area contributed by atoms with Crippen LogP contribution in [-0.4, -0.2) is 62.5 Å². The summed E-state index contributed by atoms with van der Waals surface area (Å²) in [4.78, 5) is 23.2. The Bertz CT molecular complexity index is 854. The van der Waals surface area contributed by atoms with Gasteiger partial charge in [-0.15, -0.1) is 11.3 Å². The monoisotopic (exact) mass is 383 g/mol. The van der Waals surface area contributed by atoms with E-state index in [1.165, 1.54) is 10.4 Å². The van der Waals surface area contributed by atoms with E-state index in [-0.39, 0.29) is 12.5 Å². The first-order valence-electron chi connectivity index (χ1n) is 9.46. The Kier molecular flexibility index (Phi) is 5.38. The van der Waals surface area contributed by atoms with Gasteiger partial charge in [0.25, 0.3) is 0 Å². The lowest BCUT2D eigenvalue weighted by Gasteiger charge is -2.29. The first kappa shape index (κ1) is 18.3. The van der Waals surface area contributed by atoms with E-state index in [0.717, 1.165) is 54.7 Å². The second kappa shape index (κ2) is 7.92. The van der Waals surface area contributed by atoms with Gasteiger partial charge in [-0.05, 0) is 19.4 Å². The fourth-order valence-electron chi connectivity index (χ4n) is 3.63. The molecular weight excluding hydrogens is 358 g/mol. The van der Waals surface area contributed by atoms with Crippen LogP contribution < -0.4 is 4.90 Å². The number of aryl methyl sites for hydroxylation is 1. The van der Waals surface area contributed by atoms with Crippen molar-refractivity contribution in [3.63, 3.8) is 0 Å². The molecule has 2 aliphatic heterocycles. The number of ether oxygens (including phenoxy) is 1. The molecule has 1 aromatic carbocycles. The lowest BCUT2D eigenvalue weighted by molar-refractivity contribution is -0.117. The van der Waals surface area contributed by atoms with Gasteiger partial charge in [-0.1, -0.05) is 30.3 Å². The molecule has 1 saturated heterocycles. The lowest BCUT2D eigenvalue weighted by Crippen LogP contribution is -2.43. The topological polar surface area (TPSA) is 45.1 Å². The van der Waals surface area contributed by atoms with E-state index in [4.69, 9.17) is 9.73 Å². The van der Waals surface area contributed by atoms with Crippen LogP contribution in [0.1, 0.15) is 21.6 Å². The molecular formula is C21H25N3O2S. The van der Waals surface area contributed by atoms with E-state index in [1.54, 1.807) is 11.3 Å². The zero-order valence-electron chi connectivity index (χ0n) is 15.9. The number of thiophene rings is 1. The zero-order chi connectivity index (χ0) is 18.8. The second-order valence-corrected chi connectivity index (χ2v) is 8.20. The molecule has 0 radical (unpaired) electrons. The molecule has 6 heteroatoms. The van der Waals surface area contributed by atoms with E-state index in [9.17, 15) is 4.79 Å². The normalized spacial score (nSPS) is 18.2. The van der Waals surface area contributed by atoms with Crippen LogP contribution >= 0.6 is 11.3 Å². The Morgan fingerprint density at radius 3 is 2.59 bits per heavy atom. The minimum Gasteiger partial charge on any atom is -0.379 e. The van der Waals surface area contributed by atoms with Gasteiger partial charge < -0.3 is 9.64 Å². The molecule has 0 saturated carbocycles. The third-order valence-corrected chi connectivity index (χ3v) is 6.54. The summed E-state index contributed by atoms with van der Waals surface area (Å²) in [6, 6.07) is 10.2. The zero-order valence-corrected chi connectivity index (χ0v) is 16.7. The van der Waals surface area contributed by atoms with Crippen molar-refractivity contribution in [2.24, 2.45) is 4.99 Å². The van der Waals surface area contributed by atoms with E-state index < -0.39 is 0 Å². The highest BCUT2D eigenvalue weighted by Crippen LogP contribution is 2.38. The van der Waals surface area contributed by atoms with Crippen LogP contribution in [0.5, 0.6) is 0 Å². The van der Waals surface area contributed by atoms with Crippen LogP contribution in [0.15, 0.2) is 35.3 Å². The highest BCUT2D eigenvalue weighted by molar-refractivity contribution is 7.17. The minimum absolute atomic E-state index is 0.0803. The van der Waals surface area contributed by atoms with Crippen molar-refractivity contribution in [3.05, 3.63) is 51.9 Å². The van der Waals surface area contributed by atoms with E-state index in [1.807, 2.05) is 23.1 Å². The van der Waals surface area contributed by atoms with E-state index in [2.05, 4.69) is 30.9 Å². The maximum absolute atomic E-state index is 12.9. The first-order valence-corrected chi connectivity index (χ1v) is 10.3. The van der Waals surface area contributed by atoms with Crippen molar-refractivity contribution in [2.45, 2.75) is 13.8 Å². The Balaban J connectivity index is 1.67. The third kappa shape index (κ3) is 3.70. The second-order valence-electron chi connectivity index (χ2n) is 6.99. The number of morpholine rings is 1. The van der Waals surface area contributed by atoms with Crippen molar-refractivity contribution in [1.29, 1.82) is 0 Å². The average molecular weight is 384 g/mol. The van der Waals surface area contributed by atoms with E-state index >= 15 is 0 Å². The number of rotatable bonds is 4. The minimum atomic E-state index is 0.0803. The Hall–Kier alpha value is -2.02. The number of carbonyl (C=O) groups is 1. The van der Waals surface area contributed by atoms with Crippen molar-refractivity contribution in [3.8, 4) is 0 Å². The summed E-state index contributed by atoms with van der Waals surface area (Å²) in [5.41, 5.74) is 4.36. The first-order chi connectivity index (χ1) is 13.1. The standard InChI is InChI=1S/C21H25N3O2S/c1-15-16(2)27-21-19(15)20(17-6-4-3-5-7-17)22-14-18(25)24(21)9-8-23-10-12-26-13-11-23/h3-7H,8-14H2,1-2H3. The summed E-state index contributed by atoms with van der Waals surface area (Å²) in [7, 11) is 0. The number of benzene rings is 1. The maximum Gasteiger partial charge on any atom is 0.249 e. The highest BCUT2D eigenvalue weighted by Gasteiger charge is 2.29. The van der Waals surface area contributed by atoms with Gasteiger partial charge in [0.1, 0.15) is 11.5 Å². The summed E-state index contributed by atoms with van der Waals surface area (Å²) in [5.74, 6) is 0.0803. The largest absolute Gasteiger partial charge is 0.379 e. The van der Waals surface area contributed by atoms with Gasteiger partial charge in [0.05, 0.1) is 18.9 Å². The number of carbonyl (C=O) groups excluding carboxylic acids is 1. The fraction of sp³-hybridized carbons (Fsp3) is 0.429. The van der Waals surface area contributed by atoms with Crippen molar-refractivity contribution < 1.29 is 9.53 Å². The van der Waals surface area contributed by atoms with E-state index in [0.29, 0.717) is 6.54 Å². The summed E-state index contributed by atoms with van der Waals surface area (Å²) < 4.78 is 5.43. The molecule has 27 heavy (non-hydrogen) atoms. The smallest absolute Gasteiger partial charge is 0.249 e. The maximum atomic E-state index is 12.9. The van der Waals surface area contributed by atoms with Crippen LogP contribution in [-0.2, 0) is 9.53 Å². The fourth-order valence-corrected chi connectivity index (χ4v) is 4.83. The Morgan fingerprint density at radius 2 is 1.85 bits per heavy atom. The molecule has 0 atom stereocenters. The molecule has 142 valence electrons. The number of fused-ring (bicyclic) bond motifs is 1. The van der Waals surface area contributed by atoms with Crippen molar-refractivity contribution in [1.82, 2.24) is 4.90 Å². The molecule has 0 N–H and O–H groups in total. The SMILES string of the molecule is Cc1sc2c(c1C)C(c1ccccc1)=NCC(=O)N2CCN1CCOCC1. The summed E-state index contributed by atoms with van der Waals surface area (Å²) >= 11 is 1.71. The highest BCUT2D eigenvalue weighted by atomic mass is 32.1. The molecule has 1 aromatic heterocycles. The number of aliphatic imine (C=N–C) groups is 1. The van der Waals surface area contributed by atoms with Crippen LogP contribution in [0.2, 0.25) is 0 Å². The van der Waals surface area contributed by atoms with Crippen LogP contribution in [0, 0.1) is 13.8 Å². The molecule has 0 unspecified atom stereocenters. The Labute approximate surface area is 164 Å². The molecule has 2 aromatic rings. The number of hydrogen-bond acceptors (Lipinski definition) is 5. The molecule has 4 rings (SSSR count). The van der Waals surface area contributed by atoms with Crippen LogP contribution in [0.4, 0.5) is 5.00 Å². The molecule has 1 fully saturated rings. The molecule has 1 amide bonds. The average Bonchev–Trinajstić information content (AvgIpc) is 2.91. The van der Waals surface area contributed by atoms with Crippen LogP contribution in [0.25, 0.3) is 0 Å². The summed E-state index contributed by atoms with van der Waals surface area (Å²) in [6.45, 7) is 9.45. The number of hydrogen-bond donors (Lipinski definition) is 0. The van der Waals surface area contributed by atoms with Gasteiger partial charge in [0, 0.05) is 42.2 Å². The van der Waals surface area contributed by atoms with Gasteiger partial charge in [-0.2, -0.15) is 0 Å². The number of anilines is 1. The van der Waals surface area contributed by atoms with Gasteiger partial charge in [0.2, 0.25) is 5.91 Å². The number of nitrogens with zero attached hydrogens (tertiary/aromatic N) is 3. The van der Waals surface area contributed by atoms with Gasteiger partial charge in [0.15, 0.2) is 0 Å². The Morgan fingerprint density at radius 1 is 1.11 bits per heavy atom. The quantitative estimate of drug-likeness (QED) is 0.816. The predicted octanol–water partition coefficient (Wildman–Crippen LogP) is 2.88. The molecule has 0 bridgehead atoms. The molecule has 5 nitrogen and oxygen atoms in total. The molecule has 0 aliphatic carbocycles. The van der Waals surface area contributed by atoms with Crippen molar-refractivity contribution in [2.75, 3.05) is 50.8 Å². The predicted molar refractivity (Wildman–Crippen MR) is 110 cm³/mol. The molecule has 3 heterocycles. The van der Waals surface area contributed by atoms with Crippen LogP contribution in [0.3, 0.4) is 0 Å². The van der Waals surface area contributed by atoms with Gasteiger partial charge >= 0.3 is 0 Å². The summed E-state index contributed by atoms with van der Waals surface area (Å²) in [6.07, 6.45) is 0. The molecule has 0 spiro atoms. The van der Waals surface area contributed by atoms with Gasteiger partial charge in [-0.25, -0.2) is 0 Å². The van der Waals surface area contributed by atoms with Gasteiger partial charge in [-0.3, -0.25) is 14.7 Å². The lowest BCUT2D eigenvalue weighted by atomic mass is 10.00. The van der Waals surface area contributed by atoms with Crippen molar-refractivity contribution >= 4 is 28.0 Å². The summed E-state index contributed by atoms with van der Waals surface area (Å²) in [5, 5.41) is 1.04.